The van der Waals surface area contributed by atoms with Gasteiger partial charge in [0.25, 0.3) is 0 Å². The molecule has 6 heteroatoms. The Hall–Kier alpha value is -4.06. The topological polar surface area (TPSA) is 24.9 Å². The van der Waals surface area contributed by atoms with Gasteiger partial charge < -0.3 is 19.3 Å². The van der Waals surface area contributed by atoms with Crippen molar-refractivity contribution in [1.82, 2.24) is 0 Å². The molecule has 4 nitrogen and oxygen atoms in total. The second-order valence-electron chi connectivity index (χ2n) is 11.9. The van der Waals surface area contributed by atoms with Gasteiger partial charge in [0.2, 0.25) is 0 Å². The standard InChI is InChI=1S/C36H40F2N2O2/c1-21(2)39-29-17-15-26(36-28(38)12-10-14-34(36)42-24(7)8)20-32(29)40(22(3)4)30-18-16-25(19-31(30)39)35-27(37)11-9-13-33(35)41-23(5)6/h9-24H,1-8H3. The first kappa shape index (κ1) is 29.4. The Labute approximate surface area is 248 Å². The molecule has 0 unspecified atom stereocenters. The average molecular weight is 571 g/mol. The van der Waals surface area contributed by atoms with Gasteiger partial charge in [-0.25, -0.2) is 8.78 Å². The summed E-state index contributed by atoms with van der Waals surface area (Å²) in [5.41, 5.74) is 6.36. The highest BCUT2D eigenvalue weighted by atomic mass is 19.1. The van der Waals surface area contributed by atoms with Gasteiger partial charge in [0.05, 0.1) is 46.1 Å². The summed E-state index contributed by atoms with van der Waals surface area (Å²) in [6.07, 6.45) is -0.178. The van der Waals surface area contributed by atoms with Gasteiger partial charge in [-0.3, -0.25) is 0 Å². The minimum atomic E-state index is -0.324. The van der Waals surface area contributed by atoms with Gasteiger partial charge in [-0.2, -0.15) is 0 Å². The molecule has 0 saturated carbocycles. The maximum Gasteiger partial charge on any atom is 0.134 e. The molecule has 0 spiro atoms. The smallest absolute Gasteiger partial charge is 0.134 e. The van der Waals surface area contributed by atoms with Crippen LogP contribution in [0.15, 0.2) is 72.8 Å². The number of ether oxygens (including phenoxy) is 2. The Balaban J connectivity index is 1.70. The lowest BCUT2D eigenvalue weighted by molar-refractivity contribution is 0.242. The summed E-state index contributed by atoms with van der Waals surface area (Å²) in [7, 11) is 0. The molecule has 0 saturated heterocycles. The molecule has 0 atom stereocenters. The zero-order valence-corrected chi connectivity index (χ0v) is 25.7. The second-order valence-corrected chi connectivity index (χ2v) is 11.9. The molecule has 0 N–H and O–H groups in total. The van der Waals surface area contributed by atoms with Crippen molar-refractivity contribution < 1.29 is 18.3 Å². The third-order valence-electron chi connectivity index (χ3n) is 7.28. The van der Waals surface area contributed by atoms with Crippen molar-refractivity contribution in [3.05, 3.63) is 84.4 Å². The van der Waals surface area contributed by atoms with Crippen molar-refractivity contribution >= 4 is 22.7 Å². The van der Waals surface area contributed by atoms with Crippen LogP contribution in [0.25, 0.3) is 22.3 Å². The van der Waals surface area contributed by atoms with Gasteiger partial charge in [-0.15, -0.1) is 0 Å². The van der Waals surface area contributed by atoms with Crippen LogP contribution in [0.5, 0.6) is 11.5 Å². The van der Waals surface area contributed by atoms with Gasteiger partial charge >= 0.3 is 0 Å². The van der Waals surface area contributed by atoms with Crippen LogP contribution in [0.4, 0.5) is 31.5 Å². The van der Waals surface area contributed by atoms with E-state index in [4.69, 9.17) is 9.47 Å². The van der Waals surface area contributed by atoms with E-state index in [0.29, 0.717) is 22.6 Å². The number of nitrogens with zero attached hydrogens (tertiary/aromatic N) is 2. The third kappa shape index (κ3) is 5.42. The molecule has 4 aromatic rings. The second kappa shape index (κ2) is 11.7. The van der Waals surface area contributed by atoms with E-state index in [0.717, 1.165) is 33.9 Å². The molecular formula is C36H40F2N2O2. The van der Waals surface area contributed by atoms with Crippen molar-refractivity contribution in [2.75, 3.05) is 9.80 Å². The van der Waals surface area contributed by atoms with E-state index in [-0.39, 0.29) is 35.9 Å². The van der Waals surface area contributed by atoms with Crippen molar-refractivity contribution in [2.45, 2.75) is 79.7 Å². The SMILES string of the molecule is CC(C)Oc1cccc(F)c1-c1ccc2c(c1)N(C(C)C)c1ccc(-c3c(F)cccc3OC(C)C)cc1N2C(C)C. The quantitative estimate of drug-likeness (QED) is 0.210. The molecule has 0 bridgehead atoms. The van der Waals surface area contributed by atoms with E-state index in [1.807, 2.05) is 52.0 Å². The van der Waals surface area contributed by atoms with Crippen LogP contribution >= 0.6 is 0 Å². The van der Waals surface area contributed by atoms with Crippen LogP contribution in [-0.2, 0) is 0 Å². The zero-order chi connectivity index (χ0) is 30.3. The van der Waals surface area contributed by atoms with Gasteiger partial charge in [-0.05, 0) is 115 Å². The van der Waals surface area contributed by atoms with Crippen molar-refractivity contribution in [3.8, 4) is 33.8 Å². The van der Waals surface area contributed by atoms with Crippen LogP contribution in [0.3, 0.4) is 0 Å². The van der Waals surface area contributed by atoms with Crippen LogP contribution < -0.4 is 19.3 Å². The molecule has 4 aromatic carbocycles. The minimum absolute atomic E-state index is 0.0891. The molecule has 0 fully saturated rings. The maximum absolute atomic E-state index is 15.3. The summed E-state index contributed by atoms with van der Waals surface area (Å²) < 4.78 is 42.7. The summed E-state index contributed by atoms with van der Waals surface area (Å²) in [5, 5.41) is 0. The van der Waals surface area contributed by atoms with Crippen LogP contribution in [0, 0.1) is 11.6 Å². The van der Waals surface area contributed by atoms with E-state index < -0.39 is 0 Å². The van der Waals surface area contributed by atoms with Crippen molar-refractivity contribution in [2.24, 2.45) is 0 Å². The fourth-order valence-corrected chi connectivity index (χ4v) is 5.80. The van der Waals surface area contributed by atoms with E-state index >= 15 is 8.78 Å². The fourth-order valence-electron chi connectivity index (χ4n) is 5.80. The number of benzene rings is 4. The first-order chi connectivity index (χ1) is 20.0. The van der Waals surface area contributed by atoms with Crippen molar-refractivity contribution in [1.29, 1.82) is 0 Å². The minimum Gasteiger partial charge on any atom is -0.490 e. The number of rotatable bonds is 8. The summed E-state index contributed by atoms with van der Waals surface area (Å²) in [4.78, 5) is 4.54. The Bertz CT molecular complexity index is 1480. The maximum atomic E-state index is 15.3. The van der Waals surface area contributed by atoms with E-state index in [2.05, 4.69) is 61.8 Å². The predicted octanol–water partition coefficient (Wildman–Crippen LogP) is 10.3. The number of hydrogen-bond donors (Lipinski definition) is 0. The zero-order valence-electron chi connectivity index (χ0n) is 25.7. The van der Waals surface area contributed by atoms with Crippen LogP contribution in [0.1, 0.15) is 55.4 Å². The molecule has 42 heavy (non-hydrogen) atoms. The monoisotopic (exact) mass is 570 g/mol. The lowest BCUT2D eigenvalue weighted by Crippen LogP contribution is -2.36. The van der Waals surface area contributed by atoms with Gasteiger partial charge in [0, 0.05) is 12.1 Å². The number of fused-ring (bicyclic) bond motifs is 2. The Morgan fingerprint density at radius 3 is 1.21 bits per heavy atom. The normalized spacial score (nSPS) is 12.8. The highest BCUT2D eigenvalue weighted by Gasteiger charge is 2.33. The highest BCUT2D eigenvalue weighted by Crippen LogP contribution is 2.53. The lowest BCUT2D eigenvalue weighted by Gasteiger charge is -2.44. The molecule has 0 radical (unpaired) electrons. The van der Waals surface area contributed by atoms with E-state index in [1.54, 1.807) is 12.1 Å². The summed E-state index contributed by atoms with van der Waals surface area (Å²) in [6, 6.07) is 22.2. The number of anilines is 4. The van der Waals surface area contributed by atoms with Gasteiger partial charge in [0.1, 0.15) is 23.1 Å². The molecule has 1 aliphatic rings. The Morgan fingerprint density at radius 2 is 0.881 bits per heavy atom. The molecule has 0 amide bonds. The largest absolute Gasteiger partial charge is 0.490 e. The Morgan fingerprint density at radius 1 is 0.500 bits per heavy atom. The van der Waals surface area contributed by atoms with Crippen LogP contribution in [-0.4, -0.2) is 24.3 Å². The molecule has 220 valence electrons. The average Bonchev–Trinajstić information content (AvgIpc) is 2.90. The first-order valence-electron chi connectivity index (χ1n) is 14.8. The molecular weight excluding hydrogens is 530 g/mol. The third-order valence-corrected chi connectivity index (χ3v) is 7.28. The molecule has 1 aliphatic heterocycles. The number of halogens is 2. The molecule has 5 rings (SSSR count). The molecule has 0 aromatic heterocycles. The summed E-state index contributed by atoms with van der Waals surface area (Å²) in [5.74, 6) is 0.393. The highest BCUT2D eigenvalue weighted by molar-refractivity contribution is 5.97. The summed E-state index contributed by atoms with van der Waals surface area (Å²) >= 11 is 0. The summed E-state index contributed by atoms with van der Waals surface area (Å²) in [6.45, 7) is 16.3. The first-order valence-corrected chi connectivity index (χ1v) is 14.8. The van der Waals surface area contributed by atoms with Gasteiger partial charge in [-0.1, -0.05) is 24.3 Å². The molecule has 1 heterocycles. The Kier molecular flexibility index (Phi) is 8.18. The van der Waals surface area contributed by atoms with Gasteiger partial charge in [0.15, 0.2) is 0 Å². The molecule has 0 aliphatic carbocycles. The van der Waals surface area contributed by atoms with E-state index in [9.17, 15) is 0 Å². The van der Waals surface area contributed by atoms with Crippen LogP contribution in [0.2, 0.25) is 0 Å². The lowest BCUT2D eigenvalue weighted by atomic mass is 9.95. The van der Waals surface area contributed by atoms with E-state index in [1.165, 1.54) is 12.1 Å². The number of hydrogen-bond acceptors (Lipinski definition) is 4. The fraction of sp³-hybridized carbons (Fsp3) is 0.333. The van der Waals surface area contributed by atoms with Crippen molar-refractivity contribution in [3.63, 3.8) is 0 Å². The predicted molar refractivity (Wildman–Crippen MR) is 170 cm³/mol.